The largest absolute Gasteiger partial charge is 0.336 e. The number of hydrogen-bond donors (Lipinski definition) is 2. The molecule has 1 fully saturated rings. The van der Waals surface area contributed by atoms with E-state index in [-0.39, 0.29) is 5.91 Å². The van der Waals surface area contributed by atoms with Crippen molar-refractivity contribution in [3.8, 4) is 0 Å². The van der Waals surface area contributed by atoms with Crippen molar-refractivity contribution in [2.75, 3.05) is 12.0 Å². The molecule has 0 saturated heterocycles. The molecule has 0 atom stereocenters. The van der Waals surface area contributed by atoms with Crippen LogP contribution in [0.4, 0.5) is 5.69 Å². The fourth-order valence-corrected chi connectivity index (χ4v) is 2.91. The number of nitrogens with two attached hydrogens (primary N) is 1. The summed E-state index contributed by atoms with van der Waals surface area (Å²) in [5, 5.41) is 0. The van der Waals surface area contributed by atoms with E-state index in [1.165, 1.54) is 19.3 Å². The third-order valence-electron chi connectivity index (χ3n) is 3.93. The minimum atomic E-state index is 0.0861. The van der Waals surface area contributed by atoms with Crippen molar-refractivity contribution in [1.82, 2.24) is 4.90 Å². The topological polar surface area (TPSA) is 58.4 Å². The zero-order chi connectivity index (χ0) is 13.7. The summed E-state index contributed by atoms with van der Waals surface area (Å²) in [5.41, 5.74) is 3.97. The predicted octanol–water partition coefficient (Wildman–Crippen LogP) is 2.77. The Morgan fingerprint density at radius 3 is 2.63 bits per heavy atom. The number of hydrazine groups is 1. The average Bonchev–Trinajstić information content (AvgIpc) is 2.49. The van der Waals surface area contributed by atoms with Gasteiger partial charge in [-0.3, -0.25) is 10.6 Å². The lowest BCUT2D eigenvalue weighted by molar-refractivity contribution is 0.0649. The minimum absolute atomic E-state index is 0.0861. The molecule has 0 aliphatic heterocycles. The number of carbonyl (C=O) groups excluding carboxylic acids is 1. The Kier molecular flexibility index (Phi) is 4.80. The van der Waals surface area contributed by atoms with E-state index >= 15 is 0 Å². The number of benzene rings is 1. The number of amides is 1. The Morgan fingerprint density at radius 1 is 1.32 bits per heavy atom. The summed E-state index contributed by atoms with van der Waals surface area (Å²) in [6.07, 6.45) is 6.00. The van der Waals surface area contributed by atoms with Gasteiger partial charge in [0.2, 0.25) is 0 Å². The van der Waals surface area contributed by atoms with Crippen molar-refractivity contribution in [3.63, 3.8) is 0 Å². The van der Waals surface area contributed by atoms with Crippen LogP contribution in [0.15, 0.2) is 24.3 Å². The average molecular weight is 261 g/mol. The molecule has 0 bridgehead atoms. The quantitative estimate of drug-likeness (QED) is 0.647. The SMILES string of the molecule is CCN(C(=O)c1ccccc1NN)C1CCCCC1. The first-order valence-electron chi connectivity index (χ1n) is 7.14. The molecule has 0 spiro atoms. The third kappa shape index (κ3) is 3.07. The maximum atomic E-state index is 12.7. The molecule has 0 unspecified atom stereocenters. The number of carbonyl (C=O) groups is 1. The predicted molar refractivity (Wildman–Crippen MR) is 77.8 cm³/mol. The van der Waals surface area contributed by atoms with Crippen LogP contribution >= 0.6 is 0 Å². The summed E-state index contributed by atoms with van der Waals surface area (Å²) >= 11 is 0. The van der Waals surface area contributed by atoms with Gasteiger partial charge in [-0.15, -0.1) is 0 Å². The second kappa shape index (κ2) is 6.57. The molecule has 0 aromatic heterocycles. The second-order valence-electron chi connectivity index (χ2n) is 5.07. The zero-order valence-corrected chi connectivity index (χ0v) is 11.6. The van der Waals surface area contributed by atoms with Crippen molar-refractivity contribution in [1.29, 1.82) is 0 Å². The van der Waals surface area contributed by atoms with Crippen LogP contribution in [0, 0.1) is 0 Å². The highest BCUT2D eigenvalue weighted by Crippen LogP contribution is 2.25. The van der Waals surface area contributed by atoms with Crippen molar-refractivity contribution in [2.45, 2.75) is 45.1 Å². The lowest BCUT2D eigenvalue weighted by Crippen LogP contribution is -2.41. The standard InChI is InChI=1S/C15H23N3O/c1-2-18(12-8-4-3-5-9-12)15(19)13-10-6-7-11-14(13)17-16/h6-7,10-12,17H,2-5,8-9,16H2,1H3. The van der Waals surface area contributed by atoms with Gasteiger partial charge in [0.1, 0.15) is 0 Å². The van der Waals surface area contributed by atoms with E-state index in [0.29, 0.717) is 17.3 Å². The molecule has 3 N–H and O–H groups in total. The van der Waals surface area contributed by atoms with Crippen molar-refractivity contribution in [2.24, 2.45) is 5.84 Å². The van der Waals surface area contributed by atoms with E-state index in [4.69, 9.17) is 5.84 Å². The van der Waals surface area contributed by atoms with Gasteiger partial charge in [-0.2, -0.15) is 0 Å². The van der Waals surface area contributed by atoms with E-state index in [1.54, 1.807) is 0 Å². The van der Waals surface area contributed by atoms with Crippen LogP contribution in [0.3, 0.4) is 0 Å². The first-order valence-corrected chi connectivity index (χ1v) is 7.14. The summed E-state index contributed by atoms with van der Waals surface area (Å²) in [4.78, 5) is 14.7. The van der Waals surface area contributed by atoms with Crippen molar-refractivity contribution in [3.05, 3.63) is 29.8 Å². The van der Waals surface area contributed by atoms with Crippen LogP contribution in [-0.2, 0) is 0 Å². The van der Waals surface area contributed by atoms with E-state index in [1.807, 2.05) is 36.1 Å². The van der Waals surface area contributed by atoms with E-state index < -0.39 is 0 Å². The van der Waals surface area contributed by atoms with E-state index in [9.17, 15) is 4.79 Å². The monoisotopic (exact) mass is 261 g/mol. The number of para-hydroxylation sites is 1. The van der Waals surface area contributed by atoms with Crippen LogP contribution in [0.5, 0.6) is 0 Å². The molecule has 0 heterocycles. The summed E-state index contributed by atoms with van der Waals surface area (Å²) in [5.74, 6) is 5.57. The first-order chi connectivity index (χ1) is 9.27. The van der Waals surface area contributed by atoms with Crippen LogP contribution in [0.25, 0.3) is 0 Å². The summed E-state index contributed by atoms with van der Waals surface area (Å²) in [7, 11) is 0. The van der Waals surface area contributed by atoms with Gasteiger partial charge < -0.3 is 10.3 Å². The summed E-state index contributed by atoms with van der Waals surface area (Å²) < 4.78 is 0. The highest BCUT2D eigenvalue weighted by Gasteiger charge is 2.26. The number of rotatable bonds is 4. The molecule has 4 nitrogen and oxygen atoms in total. The molecule has 2 rings (SSSR count). The minimum Gasteiger partial charge on any atom is -0.336 e. The van der Waals surface area contributed by atoms with Crippen LogP contribution < -0.4 is 11.3 Å². The van der Waals surface area contributed by atoms with Crippen LogP contribution in [-0.4, -0.2) is 23.4 Å². The Hall–Kier alpha value is -1.55. The maximum Gasteiger partial charge on any atom is 0.256 e. The normalized spacial score (nSPS) is 16.1. The van der Waals surface area contributed by atoms with Crippen molar-refractivity contribution >= 4 is 11.6 Å². The van der Waals surface area contributed by atoms with E-state index in [0.717, 1.165) is 19.4 Å². The smallest absolute Gasteiger partial charge is 0.256 e. The highest BCUT2D eigenvalue weighted by atomic mass is 16.2. The van der Waals surface area contributed by atoms with Gasteiger partial charge in [0.15, 0.2) is 0 Å². The van der Waals surface area contributed by atoms with Gasteiger partial charge in [-0.1, -0.05) is 31.4 Å². The number of nitrogens with zero attached hydrogens (tertiary/aromatic N) is 1. The lowest BCUT2D eigenvalue weighted by Gasteiger charge is -2.34. The number of anilines is 1. The van der Waals surface area contributed by atoms with Gasteiger partial charge >= 0.3 is 0 Å². The number of nitrogen functional groups attached to an aromatic ring is 1. The zero-order valence-electron chi connectivity index (χ0n) is 11.6. The molecular weight excluding hydrogens is 238 g/mol. The fourth-order valence-electron chi connectivity index (χ4n) is 2.91. The molecule has 1 aliphatic rings. The lowest BCUT2D eigenvalue weighted by atomic mass is 9.93. The van der Waals surface area contributed by atoms with E-state index in [2.05, 4.69) is 5.43 Å². The molecule has 1 aromatic carbocycles. The summed E-state index contributed by atoms with van der Waals surface area (Å²) in [6.45, 7) is 2.80. The van der Waals surface area contributed by atoms with Crippen LogP contribution in [0.1, 0.15) is 49.4 Å². The molecule has 0 radical (unpaired) electrons. The molecule has 19 heavy (non-hydrogen) atoms. The number of nitrogens with one attached hydrogen (secondary N) is 1. The Balaban J connectivity index is 2.19. The molecule has 1 amide bonds. The second-order valence-corrected chi connectivity index (χ2v) is 5.07. The molecule has 4 heteroatoms. The summed E-state index contributed by atoms with van der Waals surface area (Å²) in [6, 6.07) is 7.81. The number of hydrogen-bond acceptors (Lipinski definition) is 3. The molecule has 104 valence electrons. The maximum absolute atomic E-state index is 12.7. The third-order valence-corrected chi connectivity index (χ3v) is 3.93. The van der Waals surface area contributed by atoms with Crippen molar-refractivity contribution < 1.29 is 4.79 Å². The molecule has 1 aromatic rings. The van der Waals surface area contributed by atoms with Gasteiger partial charge in [0, 0.05) is 12.6 Å². The fraction of sp³-hybridized carbons (Fsp3) is 0.533. The van der Waals surface area contributed by atoms with Gasteiger partial charge in [-0.05, 0) is 31.9 Å². The van der Waals surface area contributed by atoms with Crippen LogP contribution in [0.2, 0.25) is 0 Å². The first kappa shape index (κ1) is 13.9. The Bertz CT molecular complexity index is 427. The van der Waals surface area contributed by atoms with Gasteiger partial charge in [0.25, 0.3) is 5.91 Å². The Morgan fingerprint density at radius 2 is 2.00 bits per heavy atom. The highest BCUT2D eigenvalue weighted by molar-refractivity contribution is 5.99. The van der Waals surface area contributed by atoms with Gasteiger partial charge in [0.05, 0.1) is 11.3 Å². The molecular formula is C15H23N3O. The molecule has 1 saturated carbocycles. The van der Waals surface area contributed by atoms with Gasteiger partial charge in [-0.25, -0.2) is 0 Å². The molecule has 1 aliphatic carbocycles. The Labute approximate surface area is 114 Å².